The first kappa shape index (κ1) is 27.9. The largest absolute Gasteiger partial charge is 0.461 e. The third kappa shape index (κ3) is 5.65. The Balaban J connectivity index is 1.59. The second-order valence-electron chi connectivity index (χ2n) is 11.5. The number of carbonyl (C=O) groups excluding carboxylic acids is 2. The molecule has 0 radical (unpaired) electrons. The van der Waals surface area contributed by atoms with Gasteiger partial charge in [0.05, 0.1) is 0 Å². The molecular formula is C30H34N6O5. The number of fused-ring (bicyclic) bond motifs is 1. The van der Waals surface area contributed by atoms with Gasteiger partial charge in [-0.1, -0.05) is 25.9 Å². The number of hydrogen-bond donors (Lipinski definition) is 1. The summed E-state index contributed by atoms with van der Waals surface area (Å²) in [5, 5.41) is 6.82. The summed E-state index contributed by atoms with van der Waals surface area (Å²) in [5.41, 5.74) is 4.86. The smallest absolute Gasteiger partial charge is 0.302 e. The summed E-state index contributed by atoms with van der Waals surface area (Å²) in [6, 6.07) is 7.03. The molecule has 11 heteroatoms. The quantitative estimate of drug-likeness (QED) is 0.326. The zero-order valence-corrected chi connectivity index (χ0v) is 24.1. The van der Waals surface area contributed by atoms with E-state index in [1.54, 1.807) is 42.5 Å². The van der Waals surface area contributed by atoms with Crippen molar-refractivity contribution < 1.29 is 18.8 Å². The Morgan fingerprint density at radius 2 is 1.95 bits per heavy atom. The van der Waals surface area contributed by atoms with Gasteiger partial charge in [-0.15, -0.1) is 0 Å². The van der Waals surface area contributed by atoms with Gasteiger partial charge in [0, 0.05) is 62.3 Å². The van der Waals surface area contributed by atoms with Crippen LogP contribution in [0, 0.1) is 12.3 Å². The molecule has 0 bridgehead atoms. The predicted octanol–water partition coefficient (Wildman–Crippen LogP) is 4.60. The van der Waals surface area contributed by atoms with Crippen LogP contribution in [0.4, 0.5) is 17.3 Å². The van der Waals surface area contributed by atoms with Crippen LogP contribution in [0.2, 0.25) is 0 Å². The molecule has 5 rings (SSSR count). The summed E-state index contributed by atoms with van der Waals surface area (Å²) in [5.74, 6) is 0.178. The van der Waals surface area contributed by atoms with Crippen molar-refractivity contribution >= 4 is 29.2 Å². The topological polar surface area (TPSA) is 124 Å². The van der Waals surface area contributed by atoms with Gasteiger partial charge in [-0.2, -0.15) is 0 Å². The van der Waals surface area contributed by atoms with Gasteiger partial charge in [0.1, 0.15) is 30.1 Å². The van der Waals surface area contributed by atoms with Crippen LogP contribution in [0.1, 0.15) is 55.0 Å². The number of anilines is 3. The second-order valence-corrected chi connectivity index (χ2v) is 11.5. The van der Waals surface area contributed by atoms with Crippen molar-refractivity contribution in [1.82, 2.24) is 19.3 Å². The lowest BCUT2D eigenvalue weighted by Gasteiger charge is -2.31. The maximum Gasteiger partial charge on any atom is 0.302 e. The first-order chi connectivity index (χ1) is 19.4. The van der Waals surface area contributed by atoms with Crippen LogP contribution < -0.4 is 15.8 Å². The highest BCUT2D eigenvalue weighted by Gasteiger charge is 2.32. The number of aromatic nitrogens is 4. The molecule has 1 aliphatic rings. The van der Waals surface area contributed by atoms with Crippen LogP contribution in [0.15, 0.2) is 52.2 Å². The van der Waals surface area contributed by atoms with Gasteiger partial charge >= 0.3 is 5.97 Å². The van der Waals surface area contributed by atoms with Crippen molar-refractivity contribution in [3.05, 3.63) is 75.8 Å². The number of nitrogens with zero attached hydrogens (tertiary/aromatic N) is 5. The molecule has 41 heavy (non-hydrogen) atoms. The Hall–Kier alpha value is -4.67. The van der Waals surface area contributed by atoms with Crippen molar-refractivity contribution in [3.63, 3.8) is 0 Å². The van der Waals surface area contributed by atoms with Gasteiger partial charge in [0.25, 0.3) is 11.5 Å². The highest BCUT2D eigenvalue weighted by Crippen LogP contribution is 2.35. The highest BCUT2D eigenvalue weighted by atomic mass is 16.5. The summed E-state index contributed by atoms with van der Waals surface area (Å²) in [7, 11) is 1.65. The molecule has 1 amide bonds. The van der Waals surface area contributed by atoms with Crippen molar-refractivity contribution in [2.24, 2.45) is 12.5 Å². The first-order valence-corrected chi connectivity index (χ1v) is 13.4. The molecule has 5 heterocycles. The first-order valence-electron chi connectivity index (χ1n) is 13.4. The van der Waals surface area contributed by atoms with E-state index >= 15 is 0 Å². The Kier molecular flexibility index (Phi) is 7.29. The molecule has 1 N–H and O–H groups in total. The molecule has 0 fully saturated rings. The Morgan fingerprint density at radius 3 is 2.63 bits per heavy atom. The average molecular weight is 559 g/mol. The molecule has 1 aliphatic heterocycles. The minimum atomic E-state index is -0.458. The number of carbonyl (C=O) groups is 2. The van der Waals surface area contributed by atoms with Gasteiger partial charge in [0.15, 0.2) is 5.82 Å². The third-order valence-corrected chi connectivity index (χ3v) is 7.04. The van der Waals surface area contributed by atoms with E-state index in [4.69, 9.17) is 9.26 Å². The molecule has 0 saturated carbocycles. The van der Waals surface area contributed by atoms with Crippen molar-refractivity contribution in [1.29, 1.82) is 0 Å². The number of pyridine rings is 2. The zero-order valence-electron chi connectivity index (χ0n) is 24.1. The fraction of sp³-hybridized carbons (Fsp3) is 0.367. The lowest BCUT2D eigenvalue weighted by molar-refractivity contribution is -0.142. The Morgan fingerprint density at radius 1 is 1.17 bits per heavy atom. The van der Waals surface area contributed by atoms with E-state index in [0.29, 0.717) is 47.1 Å². The molecule has 0 aromatic carbocycles. The molecule has 11 nitrogen and oxygen atoms in total. The Labute approximate surface area is 237 Å². The SMILES string of the molecule is CC(=O)OCc1c(-c2cc(Nc3ccon3)c(=O)n(C)c2)ccnc1N1CCn2c(cc(C)c2CC(C)(C)C)C1=O. The lowest BCUT2D eigenvalue weighted by Crippen LogP contribution is -2.41. The maximum absolute atomic E-state index is 13.9. The van der Waals surface area contributed by atoms with Gasteiger partial charge in [0.2, 0.25) is 0 Å². The molecule has 0 aliphatic carbocycles. The van der Waals surface area contributed by atoms with Crippen LogP contribution >= 0.6 is 0 Å². The summed E-state index contributed by atoms with van der Waals surface area (Å²) >= 11 is 0. The van der Waals surface area contributed by atoms with E-state index < -0.39 is 5.97 Å². The highest BCUT2D eigenvalue weighted by molar-refractivity contribution is 6.06. The minimum Gasteiger partial charge on any atom is -0.461 e. The molecule has 4 aromatic heterocycles. The number of hydrogen-bond acceptors (Lipinski definition) is 8. The predicted molar refractivity (Wildman–Crippen MR) is 154 cm³/mol. The number of ether oxygens (including phenoxy) is 1. The molecule has 0 atom stereocenters. The number of amides is 1. The van der Waals surface area contributed by atoms with Crippen LogP contribution in [0.25, 0.3) is 11.1 Å². The number of aryl methyl sites for hydroxylation is 2. The van der Waals surface area contributed by atoms with Crippen molar-refractivity contribution in [3.8, 4) is 11.1 Å². The van der Waals surface area contributed by atoms with Gasteiger partial charge in [-0.25, -0.2) is 4.98 Å². The van der Waals surface area contributed by atoms with Gasteiger partial charge in [-0.3, -0.25) is 19.3 Å². The molecule has 0 saturated heterocycles. The average Bonchev–Trinajstić information content (AvgIpc) is 3.53. The summed E-state index contributed by atoms with van der Waals surface area (Å²) < 4.78 is 13.9. The van der Waals surface area contributed by atoms with Crippen molar-refractivity contribution in [2.75, 3.05) is 16.8 Å². The fourth-order valence-electron chi connectivity index (χ4n) is 5.20. The fourth-order valence-corrected chi connectivity index (χ4v) is 5.20. The van der Waals surface area contributed by atoms with E-state index in [2.05, 4.69) is 40.8 Å². The second kappa shape index (κ2) is 10.7. The van der Waals surface area contributed by atoms with Crippen molar-refractivity contribution in [2.45, 2.75) is 54.2 Å². The Bertz CT molecular complexity index is 1680. The molecule has 0 unspecified atom stereocenters. The molecule has 0 spiro atoms. The van der Waals surface area contributed by atoms with E-state index in [-0.39, 0.29) is 29.2 Å². The third-order valence-electron chi connectivity index (χ3n) is 7.04. The standard InChI is InChI=1S/C30H34N6O5/c1-18-13-24-29(39)36(11-10-35(24)25(18)15-30(3,4)5)27-22(17-40-19(2)37)21(7-9-31-27)20-14-23(28(38)34(6)16-20)32-26-8-12-41-33-26/h7-9,12-14,16H,10-11,15,17H2,1-6H3,(H,32,33). The van der Waals surface area contributed by atoms with E-state index in [0.717, 1.165) is 12.0 Å². The molecule has 214 valence electrons. The normalized spacial score (nSPS) is 13.3. The molecular weight excluding hydrogens is 524 g/mol. The van der Waals surface area contributed by atoms with Crippen LogP contribution in [-0.4, -0.2) is 37.7 Å². The molecule has 4 aromatic rings. The zero-order chi connectivity index (χ0) is 29.5. The van der Waals surface area contributed by atoms with E-state index in [1.165, 1.54) is 23.4 Å². The van der Waals surface area contributed by atoms with Crippen LogP contribution in [0.5, 0.6) is 0 Å². The minimum absolute atomic E-state index is 0.0737. The summed E-state index contributed by atoms with van der Waals surface area (Å²) in [6.07, 6.45) is 5.57. The van der Waals surface area contributed by atoms with Crippen LogP contribution in [0.3, 0.4) is 0 Å². The van der Waals surface area contributed by atoms with Gasteiger partial charge in [-0.05, 0) is 48.1 Å². The number of rotatable bonds is 7. The number of esters is 1. The lowest BCUT2D eigenvalue weighted by atomic mass is 9.89. The van der Waals surface area contributed by atoms with Gasteiger partial charge < -0.3 is 23.7 Å². The van der Waals surface area contributed by atoms with Crippen LogP contribution in [-0.2, 0) is 36.2 Å². The van der Waals surface area contributed by atoms with E-state index in [9.17, 15) is 14.4 Å². The number of nitrogens with one attached hydrogen (secondary N) is 1. The van der Waals surface area contributed by atoms with E-state index in [1.807, 2.05) is 13.0 Å². The summed E-state index contributed by atoms with van der Waals surface area (Å²) in [4.78, 5) is 44.9. The maximum atomic E-state index is 13.9. The summed E-state index contributed by atoms with van der Waals surface area (Å²) in [6.45, 7) is 10.9. The monoisotopic (exact) mass is 558 g/mol.